The molecular formula is C8H11N7OS. The van der Waals surface area contributed by atoms with Gasteiger partial charge in [-0.05, 0) is 0 Å². The van der Waals surface area contributed by atoms with E-state index in [9.17, 15) is 4.79 Å². The molecule has 90 valence electrons. The molecular weight excluding hydrogens is 242 g/mol. The van der Waals surface area contributed by atoms with Gasteiger partial charge in [-0.15, -0.1) is 0 Å². The second-order valence-corrected chi connectivity index (χ2v) is 3.68. The molecule has 2 rings (SSSR count). The standard InChI is InChI=1S/C8H11N7OS/c9-3(1-17)7(16)15-8-13-5(10)4-6(14-8)12-2-11-4/h2-3,17H,1,9H2,(H4,10,11,12,13,14,15,16). The first-order chi connectivity index (χ1) is 8.11. The summed E-state index contributed by atoms with van der Waals surface area (Å²) in [6, 6.07) is -0.722. The highest BCUT2D eigenvalue weighted by atomic mass is 32.1. The molecule has 6 N–H and O–H groups in total. The molecule has 0 aliphatic carbocycles. The Morgan fingerprint density at radius 1 is 1.59 bits per heavy atom. The van der Waals surface area contributed by atoms with Crippen molar-refractivity contribution in [1.29, 1.82) is 0 Å². The van der Waals surface area contributed by atoms with Crippen molar-refractivity contribution in [1.82, 2.24) is 19.9 Å². The number of rotatable bonds is 3. The number of nitrogens with one attached hydrogen (secondary N) is 2. The number of fused-ring (bicyclic) bond motifs is 1. The van der Waals surface area contributed by atoms with E-state index >= 15 is 0 Å². The van der Waals surface area contributed by atoms with Crippen LogP contribution in [0.1, 0.15) is 0 Å². The van der Waals surface area contributed by atoms with E-state index in [1.54, 1.807) is 0 Å². The van der Waals surface area contributed by atoms with Gasteiger partial charge >= 0.3 is 0 Å². The zero-order valence-corrected chi connectivity index (χ0v) is 9.61. The summed E-state index contributed by atoms with van der Waals surface area (Å²) in [5, 5.41) is 2.45. The lowest BCUT2D eigenvalue weighted by Crippen LogP contribution is -2.37. The minimum Gasteiger partial charge on any atom is -0.382 e. The van der Waals surface area contributed by atoms with Crippen LogP contribution >= 0.6 is 12.6 Å². The molecule has 0 bridgehead atoms. The highest BCUT2D eigenvalue weighted by Gasteiger charge is 2.14. The van der Waals surface area contributed by atoms with Crippen LogP contribution in [0.25, 0.3) is 11.2 Å². The van der Waals surface area contributed by atoms with Gasteiger partial charge in [-0.3, -0.25) is 10.1 Å². The van der Waals surface area contributed by atoms with Crippen LogP contribution in [0.2, 0.25) is 0 Å². The summed E-state index contributed by atoms with van der Waals surface area (Å²) in [5.74, 6) is 0.0823. The number of carbonyl (C=O) groups excluding carboxylic acids is 1. The number of aromatic nitrogens is 4. The minimum absolute atomic E-state index is 0.0847. The molecule has 2 heterocycles. The number of hydrogen-bond donors (Lipinski definition) is 5. The number of aromatic amines is 1. The topological polar surface area (TPSA) is 136 Å². The average molecular weight is 253 g/mol. The van der Waals surface area contributed by atoms with Crippen LogP contribution in [-0.2, 0) is 4.79 Å². The van der Waals surface area contributed by atoms with Gasteiger partial charge in [-0.25, -0.2) is 4.98 Å². The first-order valence-electron chi connectivity index (χ1n) is 4.75. The van der Waals surface area contributed by atoms with Crippen molar-refractivity contribution in [3.63, 3.8) is 0 Å². The van der Waals surface area contributed by atoms with Crippen molar-refractivity contribution in [2.75, 3.05) is 16.8 Å². The van der Waals surface area contributed by atoms with Crippen LogP contribution in [0.5, 0.6) is 0 Å². The van der Waals surface area contributed by atoms with Crippen molar-refractivity contribution < 1.29 is 4.79 Å². The van der Waals surface area contributed by atoms with Crippen molar-refractivity contribution in [2.45, 2.75) is 6.04 Å². The number of carbonyl (C=O) groups is 1. The van der Waals surface area contributed by atoms with E-state index in [0.29, 0.717) is 11.2 Å². The third-order valence-electron chi connectivity index (χ3n) is 2.07. The lowest BCUT2D eigenvalue weighted by Gasteiger charge is -2.08. The zero-order chi connectivity index (χ0) is 12.4. The smallest absolute Gasteiger partial charge is 0.244 e. The normalized spacial score (nSPS) is 12.6. The van der Waals surface area contributed by atoms with Crippen LogP contribution < -0.4 is 16.8 Å². The van der Waals surface area contributed by atoms with Crippen LogP contribution in [-0.4, -0.2) is 37.6 Å². The summed E-state index contributed by atoms with van der Waals surface area (Å²) in [6.45, 7) is 0. The summed E-state index contributed by atoms with van der Waals surface area (Å²) in [5.41, 5.74) is 12.1. The SMILES string of the molecule is Nc1nc(NC(=O)C(N)CS)nc2[nH]cnc12. The molecule has 1 atom stereocenters. The van der Waals surface area contributed by atoms with Crippen LogP contribution in [0.15, 0.2) is 6.33 Å². The molecule has 0 aliphatic heterocycles. The van der Waals surface area contributed by atoms with E-state index in [2.05, 4.69) is 37.9 Å². The monoisotopic (exact) mass is 253 g/mol. The van der Waals surface area contributed by atoms with Gasteiger partial charge in [0.1, 0.15) is 5.52 Å². The fraction of sp³-hybridized carbons (Fsp3) is 0.250. The number of imidazole rings is 1. The van der Waals surface area contributed by atoms with Gasteiger partial charge in [-0.2, -0.15) is 22.6 Å². The van der Waals surface area contributed by atoms with Crippen LogP contribution in [0, 0.1) is 0 Å². The van der Waals surface area contributed by atoms with E-state index in [-0.39, 0.29) is 17.5 Å². The van der Waals surface area contributed by atoms with Gasteiger partial charge in [0.05, 0.1) is 12.4 Å². The number of nitrogens with zero attached hydrogens (tertiary/aromatic N) is 3. The lowest BCUT2D eigenvalue weighted by atomic mass is 10.3. The summed E-state index contributed by atoms with van der Waals surface area (Å²) in [7, 11) is 0. The van der Waals surface area contributed by atoms with Gasteiger partial charge in [0.25, 0.3) is 0 Å². The fourth-order valence-corrected chi connectivity index (χ4v) is 1.37. The number of nitrogens with two attached hydrogens (primary N) is 2. The predicted octanol–water partition coefficient (Wildman–Crippen LogP) is -0.869. The number of H-pyrrole nitrogens is 1. The first kappa shape index (κ1) is 11.6. The quantitative estimate of drug-likeness (QED) is 0.451. The van der Waals surface area contributed by atoms with E-state index in [1.165, 1.54) is 6.33 Å². The fourth-order valence-electron chi connectivity index (χ4n) is 1.20. The lowest BCUT2D eigenvalue weighted by molar-refractivity contribution is -0.116. The summed E-state index contributed by atoms with van der Waals surface area (Å²) in [4.78, 5) is 26.1. The van der Waals surface area contributed by atoms with E-state index in [0.717, 1.165) is 0 Å². The molecule has 0 radical (unpaired) electrons. The van der Waals surface area contributed by atoms with Gasteiger partial charge < -0.3 is 16.5 Å². The maximum Gasteiger partial charge on any atom is 0.244 e. The summed E-state index contributed by atoms with van der Waals surface area (Å²) in [6.07, 6.45) is 1.45. The Morgan fingerprint density at radius 2 is 2.35 bits per heavy atom. The molecule has 1 unspecified atom stereocenters. The van der Waals surface area contributed by atoms with Gasteiger partial charge in [0.15, 0.2) is 11.5 Å². The van der Waals surface area contributed by atoms with Crippen molar-refractivity contribution in [2.24, 2.45) is 5.73 Å². The summed E-state index contributed by atoms with van der Waals surface area (Å²) < 4.78 is 0. The molecule has 1 amide bonds. The second-order valence-electron chi connectivity index (χ2n) is 3.31. The van der Waals surface area contributed by atoms with Crippen molar-refractivity contribution >= 4 is 41.5 Å². The Labute approximate surface area is 102 Å². The van der Waals surface area contributed by atoms with Crippen LogP contribution in [0.4, 0.5) is 11.8 Å². The first-order valence-corrected chi connectivity index (χ1v) is 5.39. The molecule has 2 aromatic heterocycles. The predicted molar refractivity (Wildman–Crippen MR) is 66.6 cm³/mol. The molecule has 9 heteroatoms. The van der Waals surface area contributed by atoms with E-state index in [1.807, 2.05) is 0 Å². The largest absolute Gasteiger partial charge is 0.382 e. The molecule has 0 spiro atoms. The Kier molecular flexibility index (Phi) is 3.11. The highest BCUT2D eigenvalue weighted by Crippen LogP contribution is 2.15. The Balaban J connectivity index is 2.27. The highest BCUT2D eigenvalue weighted by molar-refractivity contribution is 7.80. The summed E-state index contributed by atoms with van der Waals surface area (Å²) >= 11 is 3.92. The third-order valence-corrected chi connectivity index (χ3v) is 2.47. The number of thiol groups is 1. The maximum absolute atomic E-state index is 11.5. The third kappa shape index (κ3) is 2.29. The Hall–Kier alpha value is -1.87. The molecule has 0 aromatic carbocycles. The Morgan fingerprint density at radius 3 is 3.06 bits per heavy atom. The molecule has 0 saturated heterocycles. The molecule has 8 nitrogen and oxygen atoms in total. The number of nitrogen functional groups attached to an aromatic ring is 1. The van der Waals surface area contributed by atoms with Crippen molar-refractivity contribution in [3.05, 3.63) is 6.33 Å². The minimum atomic E-state index is -0.722. The number of amides is 1. The maximum atomic E-state index is 11.5. The molecule has 0 aliphatic rings. The average Bonchev–Trinajstić information content (AvgIpc) is 2.76. The molecule has 17 heavy (non-hydrogen) atoms. The van der Waals surface area contributed by atoms with Gasteiger partial charge in [-0.1, -0.05) is 0 Å². The van der Waals surface area contributed by atoms with E-state index in [4.69, 9.17) is 11.5 Å². The number of anilines is 2. The number of hydrogen-bond acceptors (Lipinski definition) is 7. The molecule has 0 fully saturated rings. The Bertz CT molecular complexity index is 554. The second kappa shape index (κ2) is 4.55. The van der Waals surface area contributed by atoms with Gasteiger partial charge in [0.2, 0.25) is 11.9 Å². The zero-order valence-electron chi connectivity index (χ0n) is 8.71. The molecule has 0 saturated carbocycles. The van der Waals surface area contributed by atoms with Gasteiger partial charge in [0, 0.05) is 5.75 Å². The van der Waals surface area contributed by atoms with Crippen LogP contribution in [0.3, 0.4) is 0 Å². The van der Waals surface area contributed by atoms with Crippen molar-refractivity contribution in [3.8, 4) is 0 Å². The van der Waals surface area contributed by atoms with E-state index < -0.39 is 11.9 Å². The molecule has 2 aromatic rings.